The molecule has 0 rings (SSSR count). The highest BCUT2D eigenvalue weighted by Gasteiger charge is 1.97. The van der Waals surface area contributed by atoms with Crippen molar-refractivity contribution in [2.75, 3.05) is 18.6 Å². The molecule has 0 aromatic heterocycles. The Hall–Kier alpha value is -0.200. The van der Waals surface area contributed by atoms with Gasteiger partial charge in [-0.3, -0.25) is 0 Å². The Bertz CT molecular complexity index is 142. The molecule has 2 nitrogen and oxygen atoms in total. The second-order valence-electron chi connectivity index (χ2n) is 3.27. The molecular formula is C10H20N2S. The zero-order valence-corrected chi connectivity index (χ0v) is 9.49. The molecule has 0 fully saturated rings. The summed E-state index contributed by atoms with van der Waals surface area (Å²) in [6.45, 7) is 3.11. The first-order chi connectivity index (χ1) is 6.31. The van der Waals surface area contributed by atoms with Crippen LogP contribution in [0.4, 0.5) is 0 Å². The lowest BCUT2D eigenvalue weighted by Crippen LogP contribution is -2.26. The van der Waals surface area contributed by atoms with E-state index >= 15 is 0 Å². The zero-order chi connectivity index (χ0) is 9.94. The van der Waals surface area contributed by atoms with Gasteiger partial charge in [0.15, 0.2) is 0 Å². The van der Waals surface area contributed by atoms with Crippen LogP contribution in [-0.2, 0) is 0 Å². The summed E-state index contributed by atoms with van der Waals surface area (Å²) < 4.78 is 0. The van der Waals surface area contributed by atoms with Crippen molar-refractivity contribution in [3.63, 3.8) is 0 Å². The van der Waals surface area contributed by atoms with Crippen molar-refractivity contribution in [3.05, 3.63) is 0 Å². The van der Waals surface area contributed by atoms with Gasteiger partial charge in [-0.15, -0.1) is 0 Å². The van der Waals surface area contributed by atoms with E-state index in [2.05, 4.69) is 24.6 Å². The van der Waals surface area contributed by atoms with Crippen molar-refractivity contribution in [1.29, 1.82) is 5.26 Å². The summed E-state index contributed by atoms with van der Waals surface area (Å²) in [6.07, 6.45) is 6.61. The molecule has 1 atom stereocenters. The van der Waals surface area contributed by atoms with Gasteiger partial charge in [-0.25, -0.2) is 0 Å². The van der Waals surface area contributed by atoms with Gasteiger partial charge in [-0.2, -0.15) is 17.0 Å². The molecule has 0 aromatic carbocycles. The molecule has 0 saturated heterocycles. The fourth-order valence-corrected chi connectivity index (χ4v) is 1.60. The number of hydrogen-bond donors (Lipinski definition) is 1. The Kier molecular flexibility index (Phi) is 9.73. The summed E-state index contributed by atoms with van der Waals surface area (Å²) in [7, 11) is 0. The molecule has 0 amide bonds. The van der Waals surface area contributed by atoms with Gasteiger partial charge in [0.25, 0.3) is 0 Å². The molecule has 0 bridgehead atoms. The van der Waals surface area contributed by atoms with E-state index < -0.39 is 0 Å². The van der Waals surface area contributed by atoms with E-state index in [1.807, 2.05) is 11.8 Å². The minimum absolute atomic E-state index is 0.352. The third-order valence-electron chi connectivity index (χ3n) is 1.92. The lowest BCUT2D eigenvalue weighted by molar-refractivity contribution is 0.533. The quantitative estimate of drug-likeness (QED) is 0.611. The van der Waals surface area contributed by atoms with E-state index in [9.17, 15) is 0 Å². The van der Waals surface area contributed by atoms with Crippen molar-refractivity contribution in [2.45, 2.75) is 38.6 Å². The number of hydrogen-bond acceptors (Lipinski definition) is 3. The first-order valence-electron chi connectivity index (χ1n) is 4.90. The smallest absolute Gasteiger partial charge is 0.0638 e. The number of unbranched alkanes of at least 4 members (excludes halogenated alkanes) is 2. The van der Waals surface area contributed by atoms with Gasteiger partial charge in [-0.1, -0.05) is 6.42 Å². The van der Waals surface area contributed by atoms with E-state index in [4.69, 9.17) is 5.26 Å². The zero-order valence-electron chi connectivity index (χ0n) is 8.68. The molecule has 1 unspecified atom stereocenters. The van der Waals surface area contributed by atoms with Gasteiger partial charge in [0.1, 0.15) is 0 Å². The summed E-state index contributed by atoms with van der Waals surface area (Å²) in [5.41, 5.74) is 0. The van der Waals surface area contributed by atoms with Crippen LogP contribution in [0.2, 0.25) is 0 Å². The number of rotatable bonds is 8. The van der Waals surface area contributed by atoms with Gasteiger partial charge < -0.3 is 5.32 Å². The molecule has 0 aliphatic heterocycles. The molecule has 0 heterocycles. The second-order valence-corrected chi connectivity index (χ2v) is 4.26. The highest BCUT2D eigenvalue weighted by atomic mass is 32.2. The van der Waals surface area contributed by atoms with Gasteiger partial charge in [0, 0.05) is 6.04 Å². The van der Waals surface area contributed by atoms with Crippen LogP contribution in [0.15, 0.2) is 0 Å². The SMILES string of the molecule is CSCCCCCNC(C)CC#N. The molecule has 0 aliphatic rings. The molecule has 76 valence electrons. The summed E-state index contributed by atoms with van der Waals surface area (Å²) in [6, 6.07) is 2.52. The summed E-state index contributed by atoms with van der Waals surface area (Å²) in [5.74, 6) is 1.27. The molecule has 0 spiro atoms. The van der Waals surface area contributed by atoms with Gasteiger partial charge in [0.2, 0.25) is 0 Å². The number of thioether (sulfide) groups is 1. The molecule has 0 radical (unpaired) electrons. The van der Waals surface area contributed by atoms with Crippen LogP contribution in [0.1, 0.15) is 32.6 Å². The Morgan fingerprint density at radius 3 is 2.77 bits per heavy atom. The van der Waals surface area contributed by atoms with Crippen LogP contribution in [0.5, 0.6) is 0 Å². The van der Waals surface area contributed by atoms with E-state index in [0.717, 1.165) is 6.54 Å². The maximum absolute atomic E-state index is 8.42. The van der Waals surface area contributed by atoms with Crippen molar-refractivity contribution in [3.8, 4) is 6.07 Å². The molecule has 1 N–H and O–H groups in total. The van der Waals surface area contributed by atoms with E-state index in [1.165, 1.54) is 25.0 Å². The predicted octanol–water partition coefficient (Wildman–Crippen LogP) is 2.41. The molecule has 13 heavy (non-hydrogen) atoms. The third-order valence-corrected chi connectivity index (χ3v) is 2.61. The first kappa shape index (κ1) is 12.8. The standard InChI is InChI=1S/C10H20N2S/c1-10(6-7-11)12-8-4-3-5-9-13-2/h10,12H,3-6,8-9H2,1-2H3. The Morgan fingerprint density at radius 1 is 1.38 bits per heavy atom. The molecule has 0 aromatic rings. The first-order valence-corrected chi connectivity index (χ1v) is 6.30. The van der Waals surface area contributed by atoms with E-state index in [1.54, 1.807) is 0 Å². The van der Waals surface area contributed by atoms with Crippen LogP contribution < -0.4 is 5.32 Å². The Labute approximate surface area is 86.1 Å². The minimum atomic E-state index is 0.352. The van der Waals surface area contributed by atoms with Crippen LogP contribution >= 0.6 is 11.8 Å². The fraction of sp³-hybridized carbons (Fsp3) is 0.900. The van der Waals surface area contributed by atoms with Crippen molar-refractivity contribution in [1.82, 2.24) is 5.32 Å². The number of nitrogens with zero attached hydrogens (tertiary/aromatic N) is 1. The van der Waals surface area contributed by atoms with Gasteiger partial charge in [0.05, 0.1) is 12.5 Å². The average Bonchev–Trinajstić information content (AvgIpc) is 2.11. The third kappa shape index (κ3) is 9.72. The van der Waals surface area contributed by atoms with E-state index in [0.29, 0.717) is 12.5 Å². The van der Waals surface area contributed by atoms with Crippen LogP contribution in [0.3, 0.4) is 0 Å². The van der Waals surface area contributed by atoms with Crippen LogP contribution in [0, 0.1) is 11.3 Å². The highest BCUT2D eigenvalue weighted by molar-refractivity contribution is 7.98. The number of nitriles is 1. The second kappa shape index (κ2) is 9.88. The van der Waals surface area contributed by atoms with Crippen LogP contribution in [0.25, 0.3) is 0 Å². The average molecular weight is 200 g/mol. The topological polar surface area (TPSA) is 35.8 Å². The normalized spacial score (nSPS) is 12.4. The molecule has 0 saturated carbocycles. The van der Waals surface area contributed by atoms with Crippen molar-refractivity contribution < 1.29 is 0 Å². The van der Waals surface area contributed by atoms with Gasteiger partial charge in [-0.05, 0) is 38.3 Å². The molecule has 0 aliphatic carbocycles. The predicted molar refractivity (Wildman–Crippen MR) is 59.9 cm³/mol. The minimum Gasteiger partial charge on any atom is -0.313 e. The highest BCUT2D eigenvalue weighted by Crippen LogP contribution is 2.01. The Balaban J connectivity index is 3.03. The monoisotopic (exact) mass is 200 g/mol. The maximum Gasteiger partial charge on any atom is 0.0638 e. The summed E-state index contributed by atoms with van der Waals surface area (Å²) >= 11 is 1.91. The van der Waals surface area contributed by atoms with Crippen LogP contribution in [-0.4, -0.2) is 24.6 Å². The molecular weight excluding hydrogens is 180 g/mol. The van der Waals surface area contributed by atoms with Crippen molar-refractivity contribution in [2.24, 2.45) is 0 Å². The number of nitrogens with one attached hydrogen (secondary N) is 1. The van der Waals surface area contributed by atoms with Gasteiger partial charge >= 0.3 is 0 Å². The largest absolute Gasteiger partial charge is 0.313 e. The van der Waals surface area contributed by atoms with Crippen molar-refractivity contribution >= 4 is 11.8 Å². The lowest BCUT2D eigenvalue weighted by Gasteiger charge is -2.09. The lowest BCUT2D eigenvalue weighted by atomic mass is 10.2. The summed E-state index contributed by atoms with van der Waals surface area (Å²) in [4.78, 5) is 0. The molecule has 3 heteroatoms. The fourth-order valence-electron chi connectivity index (χ4n) is 1.11. The Morgan fingerprint density at radius 2 is 2.15 bits per heavy atom. The maximum atomic E-state index is 8.42. The summed E-state index contributed by atoms with van der Waals surface area (Å²) in [5, 5.41) is 11.7. The van der Waals surface area contributed by atoms with E-state index in [-0.39, 0.29) is 0 Å².